The molecule has 1 atom stereocenters. The zero-order chi connectivity index (χ0) is 16.2. The van der Waals surface area contributed by atoms with Gasteiger partial charge in [-0.15, -0.1) is 0 Å². The first-order valence-corrected chi connectivity index (χ1v) is 8.08. The molecule has 3 N–H and O–H groups in total. The van der Waals surface area contributed by atoms with Crippen LogP contribution in [0.3, 0.4) is 0 Å². The summed E-state index contributed by atoms with van der Waals surface area (Å²) < 4.78 is 0. The van der Waals surface area contributed by atoms with Gasteiger partial charge in [0.05, 0.1) is 6.04 Å². The lowest BCUT2D eigenvalue weighted by atomic mass is 9.86. The highest BCUT2D eigenvalue weighted by Gasteiger charge is 2.27. The van der Waals surface area contributed by atoms with E-state index in [0.717, 1.165) is 37.7 Å². The fraction of sp³-hybridized carbons (Fsp3) is 0.316. The Labute approximate surface area is 136 Å². The molecule has 0 spiro atoms. The van der Waals surface area contributed by atoms with Gasteiger partial charge in [0.25, 0.3) is 0 Å². The number of nitrogens with zero attached hydrogens (tertiary/aromatic N) is 1. The van der Waals surface area contributed by atoms with Crippen molar-refractivity contribution >= 4 is 6.03 Å². The normalized spacial score (nSPS) is 16.7. The number of hydroxylamine groups is 2. The third kappa shape index (κ3) is 3.54. The van der Waals surface area contributed by atoms with Crippen molar-refractivity contribution in [1.29, 1.82) is 0 Å². The Balaban J connectivity index is 1.75. The number of carbonyl (C=O) groups is 1. The van der Waals surface area contributed by atoms with E-state index in [9.17, 15) is 10.0 Å². The second kappa shape index (κ2) is 6.84. The van der Waals surface area contributed by atoms with Gasteiger partial charge in [0, 0.05) is 0 Å². The van der Waals surface area contributed by atoms with Gasteiger partial charge in [0.1, 0.15) is 0 Å². The molecule has 120 valence electrons. The predicted octanol–water partition coefficient (Wildman–Crippen LogP) is 3.62. The summed E-state index contributed by atoms with van der Waals surface area (Å²) in [6, 6.07) is 15.7. The highest BCUT2D eigenvalue weighted by Crippen LogP contribution is 2.34. The smallest absolute Gasteiger partial charge is 0.339 e. The Hall–Kier alpha value is -2.33. The molecule has 0 aliphatic heterocycles. The zero-order valence-electron chi connectivity index (χ0n) is 13.1. The van der Waals surface area contributed by atoms with E-state index in [2.05, 4.69) is 36.4 Å². The highest BCUT2D eigenvalue weighted by atomic mass is 16.5. The number of amides is 2. The first-order chi connectivity index (χ1) is 11.1. The van der Waals surface area contributed by atoms with Crippen molar-refractivity contribution in [3.63, 3.8) is 0 Å². The molecule has 2 amide bonds. The number of rotatable bonds is 4. The number of carbonyl (C=O) groups excluding carboxylic acids is 1. The van der Waals surface area contributed by atoms with Crippen LogP contribution in [-0.4, -0.2) is 16.3 Å². The van der Waals surface area contributed by atoms with Crippen molar-refractivity contribution in [2.24, 2.45) is 5.73 Å². The molecule has 0 fully saturated rings. The average Bonchev–Trinajstić information content (AvgIpc) is 2.59. The van der Waals surface area contributed by atoms with Gasteiger partial charge < -0.3 is 5.73 Å². The molecule has 0 unspecified atom stereocenters. The van der Waals surface area contributed by atoms with Crippen molar-refractivity contribution in [3.8, 4) is 0 Å². The molecule has 0 bridgehead atoms. The van der Waals surface area contributed by atoms with Crippen molar-refractivity contribution in [1.82, 2.24) is 5.06 Å². The van der Waals surface area contributed by atoms with Crippen LogP contribution in [0.25, 0.3) is 0 Å². The van der Waals surface area contributed by atoms with E-state index in [-0.39, 0.29) is 6.04 Å². The van der Waals surface area contributed by atoms with E-state index in [0.29, 0.717) is 5.06 Å². The van der Waals surface area contributed by atoms with Gasteiger partial charge in [-0.3, -0.25) is 5.21 Å². The number of primary amides is 1. The maximum Gasteiger partial charge on any atom is 0.339 e. The fourth-order valence-corrected chi connectivity index (χ4v) is 3.34. The minimum atomic E-state index is -0.795. The third-order valence-corrected chi connectivity index (χ3v) is 4.56. The molecule has 4 nitrogen and oxygen atoms in total. The molecule has 0 heterocycles. The average molecular weight is 310 g/mol. The van der Waals surface area contributed by atoms with E-state index in [1.54, 1.807) is 0 Å². The Morgan fingerprint density at radius 2 is 1.87 bits per heavy atom. The highest BCUT2D eigenvalue weighted by molar-refractivity contribution is 5.71. The van der Waals surface area contributed by atoms with Gasteiger partial charge >= 0.3 is 6.03 Å². The number of benzene rings is 2. The molecule has 1 aliphatic carbocycles. The summed E-state index contributed by atoms with van der Waals surface area (Å²) >= 11 is 0. The Morgan fingerprint density at radius 3 is 2.61 bits per heavy atom. The van der Waals surface area contributed by atoms with E-state index < -0.39 is 6.03 Å². The number of hydrogen-bond donors (Lipinski definition) is 2. The maximum atomic E-state index is 11.2. The molecule has 0 radical (unpaired) electrons. The van der Waals surface area contributed by atoms with E-state index in [4.69, 9.17) is 5.73 Å². The van der Waals surface area contributed by atoms with Crippen LogP contribution in [0.1, 0.15) is 41.1 Å². The molecule has 0 saturated heterocycles. The zero-order valence-corrected chi connectivity index (χ0v) is 13.1. The first kappa shape index (κ1) is 15.6. The number of aryl methyl sites for hydroxylation is 3. The SMILES string of the molecule is NC(=O)N(O)[C@H]1CCCc2cc(CCc3ccccc3)ccc21. The summed E-state index contributed by atoms with van der Waals surface area (Å²) in [4.78, 5) is 11.2. The summed E-state index contributed by atoms with van der Waals surface area (Å²) in [5, 5.41) is 10.5. The minimum absolute atomic E-state index is 0.320. The quantitative estimate of drug-likeness (QED) is 0.669. The van der Waals surface area contributed by atoms with Crippen LogP contribution in [0.5, 0.6) is 0 Å². The Morgan fingerprint density at radius 1 is 1.13 bits per heavy atom. The summed E-state index contributed by atoms with van der Waals surface area (Å²) in [7, 11) is 0. The van der Waals surface area contributed by atoms with Crippen LogP contribution >= 0.6 is 0 Å². The van der Waals surface area contributed by atoms with Crippen LogP contribution in [0.15, 0.2) is 48.5 Å². The van der Waals surface area contributed by atoms with E-state index in [1.165, 1.54) is 16.7 Å². The van der Waals surface area contributed by atoms with E-state index >= 15 is 0 Å². The summed E-state index contributed by atoms with van der Waals surface area (Å²) in [5.74, 6) is 0. The van der Waals surface area contributed by atoms with Crippen molar-refractivity contribution < 1.29 is 10.0 Å². The topological polar surface area (TPSA) is 66.6 Å². The van der Waals surface area contributed by atoms with Gasteiger partial charge in [-0.05, 0) is 54.4 Å². The minimum Gasteiger partial charge on any atom is -0.350 e. The molecule has 4 heteroatoms. The van der Waals surface area contributed by atoms with Gasteiger partial charge in [-0.2, -0.15) is 5.06 Å². The van der Waals surface area contributed by atoms with Crippen LogP contribution in [0, 0.1) is 0 Å². The number of fused-ring (bicyclic) bond motifs is 1. The Bertz CT molecular complexity index is 685. The lowest BCUT2D eigenvalue weighted by molar-refractivity contribution is -0.0808. The van der Waals surface area contributed by atoms with Crippen LogP contribution in [0.2, 0.25) is 0 Å². The Kier molecular flexibility index (Phi) is 4.63. The van der Waals surface area contributed by atoms with Crippen LogP contribution in [0.4, 0.5) is 4.79 Å². The second-order valence-electron chi connectivity index (χ2n) is 6.11. The van der Waals surface area contributed by atoms with Gasteiger partial charge in [-0.1, -0.05) is 48.5 Å². The second-order valence-corrected chi connectivity index (χ2v) is 6.11. The molecule has 1 aliphatic rings. The lowest BCUT2D eigenvalue weighted by Crippen LogP contribution is -2.37. The number of urea groups is 1. The summed E-state index contributed by atoms with van der Waals surface area (Å²) in [5.41, 5.74) is 10.1. The molecule has 0 saturated carbocycles. The standard InChI is InChI=1S/C19H22N2O2/c20-19(22)21(23)18-8-4-7-16-13-15(11-12-17(16)18)10-9-14-5-2-1-3-6-14/h1-3,5-6,11-13,18,23H,4,7-10H2,(H2,20,22)/t18-/m0/s1. The molecule has 2 aromatic carbocycles. The molecular formula is C19H22N2O2. The summed E-state index contributed by atoms with van der Waals surface area (Å²) in [6.07, 6.45) is 4.68. The maximum absolute atomic E-state index is 11.2. The molecule has 23 heavy (non-hydrogen) atoms. The molecule has 2 aromatic rings. The first-order valence-electron chi connectivity index (χ1n) is 8.08. The van der Waals surface area contributed by atoms with Crippen LogP contribution < -0.4 is 5.73 Å². The molecule has 0 aromatic heterocycles. The monoisotopic (exact) mass is 310 g/mol. The van der Waals surface area contributed by atoms with Crippen molar-refractivity contribution in [2.75, 3.05) is 0 Å². The molecule has 3 rings (SSSR count). The lowest BCUT2D eigenvalue weighted by Gasteiger charge is -2.30. The summed E-state index contributed by atoms with van der Waals surface area (Å²) in [6.45, 7) is 0. The van der Waals surface area contributed by atoms with E-state index in [1.807, 2.05) is 12.1 Å². The van der Waals surface area contributed by atoms with Gasteiger partial charge in [0.15, 0.2) is 0 Å². The largest absolute Gasteiger partial charge is 0.350 e. The van der Waals surface area contributed by atoms with Gasteiger partial charge in [-0.25, -0.2) is 4.79 Å². The van der Waals surface area contributed by atoms with Crippen molar-refractivity contribution in [3.05, 3.63) is 70.8 Å². The van der Waals surface area contributed by atoms with Crippen LogP contribution in [-0.2, 0) is 19.3 Å². The fourth-order valence-electron chi connectivity index (χ4n) is 3.34. The number of hydrogen-bond acceptors (Lipinski definition) is 2. The van der Waals surface area contributed by atoms with Crippen molar-refractivity contribution in [2.45, 2.75) is 38.1 Å². The number of nitrogens with two attached hydrogens (primary N) is 1. The molecular weight excluding hydrogens is 288 g/mol. The third-order valence-electron chi connectivity index (χ3n) is 4.56. The predicted molar refractivity (Wildman–Crippen MR) is 89.2 cm³/mol. The van der Waals surface area contributed by atoms with Gasteiger partial charge in [0.2, 0.25) is 0 Å².